The first kappa shape index (κ1) is 16.8. The number of carbonyl (C=O) groups is 1. The third-order valence-electron chi connectivity index (χ3n) is 3.52. The van der Waals surface area contributed by atoms with E-state index in [9.17, 15) is 4.79 Å². The number of carbonyl (C=O) groups excluding carboxylic acids is 1. The predicted molar refractivity (Wildman–Crippen MR) is 84.7 cm³/mol. The summed E-state index contributed by atoms with van der Waals surface area (Å²) >= 11 is 1.71. The van der Waals surface area contributed by atoms with Crippen molar-refractivity contribution in [2.24, 2.45) is 0 Å². The molecule has 0 aromatic heterocycles. The van der Waals surface area contributed by atoms with Crippen LogP contribution in [0.3, 0.4) is 0 Å². The summed E-state index contributed by atoms with van der Waals surface area (Å²) in [4.78, 5) is 14.2. The van der Waals surface area contributed by atoms with E-state index in [1.807, 2.05) is 0 Å². The second-order valence-electron chi connectivity index (χ2n) is 6.49. The SMILES string of the molecule is CC1CCCCN1CCCNC(=O)CSC(C)(C)C. The van der Waals surface area contributed by atoms with Gasteiger partial charge in [-0.05, 0) is 32.7 Å². The Morgan fingerprint density at radius 1 is 1.37 bits per heavy atom. The van der Waals surface area contributed by atoms with Crippen molar-refractivity contribution in [1.82, 2.24) is 10.2 Å². The van der Waals surface area contributed by atoms with Crippen LogP contribution in [0.2, 0.25) is 0 Å². The lowest BCUT2D eigenvalue weighted by molar-refractivity contribution is -0.118. The minimum absolute atomic E-state index is 0.167. The molecule has 0 aromatic carbocycles. The average Bonchev–Trinajstić information content (AvgIpc) is 2.33. The molecule has 1 heterocycles. The van der Waals surface area contributed by atoms with Crippen molar-refractivity contribution < 1.29 is 4.79 Å². The molecular formula is C15H30N2OS. The van der Waals surface area contributed by atoms with E-state index in [2.05, 4.69) is 37.9 Å². The molecule has 1 atom stereocenters. The first-order valence-corrected chi connectivity index (χ1v) is 8.52. The van der Waals surface area contributed by atoms with E-state index in [1.165, 1.54) is 25.8 Å². The molecule has 0 saturated carbocycles. The molecule has 0 aliphatic carbocycles. The Morgan fingerprint density at radius 3 is 2.74 bits per heavy atom. The maximum absolute atomic E-state index is 11.7. The van der Waals surface area contributed by atoms with Gasteiger partial charge in [-0.1, -0.05) is 27.2 Å². The molecule has 1 aliphatic heterocycles. The van der Waals surface area contributed by atoms with Crippen LogP contribution in [0.4, 0.5) is 0 Å². The van der Waals surface area contributed by atoms with Crippen LogP contribution in [-0.4, -0.2) is 47.0 Å². The second kappa shape index (κ2) is 8.15. The average molecular weight is 286 g/mol. The standard InChI is InChI=1S/C15H30N2OS/c1-13-8-5-6-10-17(13)11-7-9-16-14(18)12-19-15(2,3)4/h13H,5-12H2,1-4H3,(H,16,18). The van der Waals surface area contributed by atoms with Crippen molar-refractivity contribution in [2.45, 2.75) is 64.2 Å². The van der Waals surface area contributed by atoms with Gasteiger partial charge in [0, 0.05) is 23.9 Å². The number of hydrogen-bond acceptors (Lipinski definition) is 3. The fraction of sp³-hybridized carbons (Fsp3) is 0.933. The van der Waals surface area contributed by atoms with Gasteiger partial charge in [0.2, 0.25) is 5.91 Å². The van der Waals surface area contributed by atoms with Crippen molar-refractivity contribution in [3.63, 3.8) is 0 Å². The fourth-order valence-electron chi connectivity index (χ4n) is 2.33. The van der Waals surface area contributed by atoms with Crippen LogP contribution in [0, 0.1) is 0 Å². The summed E-state index contributed by atoms with van der Waals surface area (Å²) in [5.74, 6) is 0.746. The van der Waals surface area contributed by atoms with Crippen molar-refractivity contribution in [3.05, 3.63) is 0 Å². The number of nitrogens with one attached hydrogen (secondary N) is 1. The highest BCUT2D eigenvalue weighted by Crippen LogP contribution is 2.22. The Bertz CT molecular complexity index is 276. The Kier molecular flexibility index (Phi) is 7.22. The number of nitrogens with zero attached hydrogens (tertiary/aromatic N) is 1. The van der Waals surface area contributed by atoms with Gasteiger partial charge in [-0.25, -0.2) is 0 Å². The highest BCUT2D eigenvalue weighted by atomic mass is 32.2. The lowest BCUT2D eigenvalue weighted by Gasteiger charge is -2.33. The van der Waals surface area contributed by atoms with E-state index in [0.29, 0.717) is 5.75 Å². The first-order chi connectivity index (χ1) is 8.88. The van der Waals surface area contributed by atoms with Crippen molar-refractivity contribution >= 4 is 17.7 Å². The third kappa shape index (κ3) is 7.83. The molecule has 0 radical (unpaired) electrons. The van der Waals surface area contributed by atoms with Crippen LogP contribution < -0.4 is 5.32 Å². The molecule has 0 bridgehead atoms. The van der Waals surface area contributed by atoms with Crippen molar-refractivity contribution in [1.29, 1.82) is 0 Å². The molecular weight excluding hydrogens is 256 g/mol. The van der Waals surface area contributed by atoms with Gasteiger partial charge in [-0.15, -0.1) is 11.8 Å². The van der Waals surface area contributed by atoms with Gasteiger partial charge in [0.05, 0.1) is 5.75 Å². The summed E-state index contributed by atoms with van der Waals surface area (Å²) in [6.07, 6.45) is 5.10. The van der Waals surface area contributed by atoms with E-state index in [0.717, 1.165) is 25.6 Å². The summed E-state index contributed by atoms with van der Waals surface area (Å²) in [6, 6.07) is 0.723. The number of piperidine rings is 1. The number of rotatable bonds is 6. The summed E-state index contributed by atoms with van der Waals surface area (Å²) in [7, 11) is 0. The zero-order valence-corrected chi connectivity index (χ0v) is 13.8. The molecule has 1 rings (SSSR count). The van der Waals surface area contributed by atoms with E-state index in [4.69, 9.17) is 0 Å². The zero-order chi connectivity index (χ0) is 14.3. The Morgan fingerprint density at radius 2 is 2.11 bits per heavy atom. The normalized spacial score (nSPS) is 21.4. The Labute approximate surface area is 122 Å². The molecule has 1 fully saturated rings. The van der Waals surface area contributed by atoms with Crippen molar-refractivity contribution in [2.75, 3.05) is 25.4 Å². The number of likely N-dealkylation sites (tertiary alicyclic amines) is 1. The van der Waals surface area contributed by atoms with E-state index >= 15 is 0 Å². The van der Waals surface area contributed by atoms with Gasteiger partial charge in [-0.3, -0.25) is 4.79 Å². The van der Waals surface area contributed by atoms with Crippen LogP contribution in [0.25, 0.3) is 0 Å². The van der Waals surface area contributed by atoms with E-state index in [1.54, 1.807) is 11.8 Å². The topological polar surface area (TPSA) is 32.3 Å². The van der Waals surface area contributed by atoms with Crippen LogP contribution in [0.15, 0.2) is 0 Å². The smallest absolute Gasteiger partial charge is 0.230 e. The lowest BCUT2D eigenvalue weighted by Crippen LogP contribution is -2.39. The molecule has 1 N–H and O–H groups in total. The molecule has 19 heavy (non-hydrogen) atoms. The van der Waals surface area contributed by atoms with Gasteiger partial charge in [0.25, 0.3) is 0 Å². The predicted octanol–water partition coefficient (Wildman–Crippen LogP) is 2.90. The first-order valence-electron chi connectivity index (χ1n) is 7.53. The van der Waals surface area contributed by atoms with Gasteiger partial charge < -0.3 is 10.2 Å². The summed E-state index contributed by atoms with van der Waals surface area (Å²) in [5, 5.41) is 3.02. The van der Waals surface area contributed by atoms with Gasteiger partial charge in [0.15, 0.2) is 0 Å². The molecule has 1 saturated heterocycles. The molecule has 112 valence electrons. The molecule has 3 nitrogen and oxygen atoms in total. The minimum atomic E-state index is 0.167. The monoisotopic (exact) mass is 286 g/mol. The number of hydrogen-bond donors (Lipinski definition) is 1. The Balaban J connectivity index is 2.05. The quantitative estimate of drug-likeness (QED) is 0.762. The molecule has 1 aliphatic rings. The second-order valence-corrected chi connectivity index (χ2v) is 8.29. The lowest BCUT2D eigenvalue weighted by atomic mass is 10.0. The van der Waals surface area contributed by atoms with Crippen LogP contribution in [0.5, 0.6) is 0 Å². The largest absolute Gasteiger partial charge is 0.355 e. The van der Waals surface area contributed by atoms with E-state index < -0.39 is 0 Å². The van der Waals surface area contributed by atoms with Crippen LogP contribution in [0.1, 0.15) is 53.4 Å². The summed E-state index contributed by atoms with van der Waals surface area (Å²) < 4.78 is 0.167. The highest BCUT2D eigenvalue weighted by molar-refractivity contribution is 8.01. The summed E-state index contributed by atoms with van der Waals surface area (Å²) in [6.45, 7) is 11.9. The fourth-order valence-corrected chi connectivity index (χ4v) is 3.00. The minimum Gasteiger partial charge on any atom is -0.355 e. The Hall–Kier alpha value is -0.220. The molecule has 0 spiro atoms. The maximum Gasteiger partial charge on any atom is 0.230 e. The van der Waals surface area contributed by atoms with E-state index in [-0.39, 0.29) is 10.7 Å². The molecule has 1 amide bonds. The van der Waals surface area contributed by atoms with Crippen LogP contribution in [-0.2, 0) is 4.79 Å². The number of thioether (sulfide) groups is 1. The molecule has 1 unspecified atom stereocenters. The third-order valence-corrected chi connectivity index (χ3v) is 4.79. The van der Waals surface area contributed by atoms with Crippen LogP contribution >= 0.6 is 11.8 Å². The summed E-state index contributed by atoms with van der Waals surface area (Å²) in [5.41, 5.74) is 0. The highest BCUT2D eigenvalue weighted by Gasteiger charge is 2.17. The zero-order valence-electron chi connectivity index (χ0n) is 13.0. The van der Waals surface area contributed by atoms with Gasteiger partial charge in [0.1, 0.15) is 0 Å². The van der Waals surface area contributed by atoms with Crippen molar-refractivity contribution in [3.8, 4) is 0 Å². The molecule has 4 heteroatoms. The maximum atomic E-state index is 11.7. The van der Waals surface area contributed by atoms with Gasteiger partial charge in [-0.2, -0.15) is 0 Å². The number of amides is 1. The van der Waals surface area contributed by atoms with Gasteiger partial charge >= 0.3 is 0 Å². The molecule has 0 aromatic rings.